The topological polar surface area (TPSA) is 26.3 Å². The number of hydrogen-bond donors (Lipinski definition) is 0. The summed E-state index contributed by atoms with van der Waals surface area (Å²) in [7, 11) is 1.60. The highest BCUT2D eigenvalue weighted by molar-refractivity contribution is 5.77. The number of ketones is 1. The number of Topliss-reactive ketones (excluding diaryl/α,β-unsaturated/α-hetero) is 1. The number of carbonyl (C=O) groups excluding carboxylic acids is 1. The Labute approximate surface area is 90.3 Å². The second-order valence-electron chi connectivity index (χ2n) is 3.37. The summed E-state index contributed by atoms with van der Waals surface area (Å²) in [6, 6.07) is 7.51. The van der Waals surface area contributed by atoms with Crippen LogP contribution in [0.1, 0.15) is 24.8 Å². The van der Waals surface area contributed by atoms with Crippen LogP contribution < -0.4 is 4.74 Å². The molecule has 0 aliphatic carbocycles. The zero-order valence-corrected chi connectivity index (χ0v) is 8.99. The van der Waals surface area contributed by atoms with Crippen LogP contribution in [0.2, 0.25) is 0 Å². The largest absolute Gasteiger partial charge is 0.496 e. The minimum atomic E-state index is -0.196. The van der Waals surface area contributed by atoms with E-state index in [9.17, 15) is 4.79 Å². The number of methoxy groups -OCH3 is 1. The lowest BCUT2D eigenvalue weighted by molar-refractivity contribution is -0.117. The van der Waals surface area contributed by atoms with Crippen LogP contribution in [-0.4, -0.2) is 12.9 Å². The molecule has 2 heteroatoms. The van der Waals surface area contributed by atoms with Crippen molar-refractivity contribution in [1.82, 2.24) is 0 Å². The van der Waals surface area contributed by atoms with E-state index in [4.69, 9.17) is 11.2 Å². The molecule has 0 heterocycles. The molecule has 0 aromatic heterocycles. The van der Waals surface area contributed by atoms with Crippen LogP contribution in [0, 0.1) is 12.3 Å². The van der Waals surface area contributed by atoms with Gasteiger partial charge in [0.05, 0.1) is 13.0 Å². The van der Waals surface area contributed by atoms with Crippen LogP contribution in [0.5, 0.6) is 5.75 Å². The number of terminal acetylenes is 1. The van der Waals surface area contributed by atoms with E-state index in [0.29, 0.717) is 6.42 Å². The quantitative estimate of drug-likeness (QED) is 0.701. The van der Waals surface area contributed by atoms with E-state index in [1.165, 1.54) is 0 Å². The molecule has 0 aliphatic rings. The molecule has 0 saturated carbocycles. The summed E-state index contributed by atoms with van der Waals surface area (Å²) < 4.78 is 5.20. The summed E-state index contributed by atoms with van der Waals surface area (Å²) in [5, 5.41) is 0. The first-order valence-corrected chi connectivity index (χ1v) is 4.77. The average Bonchev–Trinajstić information content (AvgIpc) is 2.25. The molecule has 1 unspecified atom stereocenters. The van der Waals surface area contributed by atoms with Crippen LogP contribution in [-0.2, 0) is 4.79 Å². The highest BCUT2D eigenvalue weighted by Crippen LogP contribution is 2.28. The molecule has 0 radical (unpaired) electrons. The fourth-order valence-electron chi connectivity index (χ4n) is 1.50. The maximum Gasteiger partial charge on any atom is 0.131 e. The molecule has 78 valence electrons. The lowest BCUT2D eigenvalue weighted by atomic mass is 9.94. The first-order valence-electron chi connectivity index (χ1n) is 4.77. The smallest absolute Gasteiger partial charge is 0.131 e. The Kier molecular flexibility index (Phi) is 3.93. The second-order valence-corrected chi connectivity index (χ2v) is 3.37. The van der Waals surface area contributed by atoms with E-state index < -0.39 is 0 Å². The van der Waals surface area contributed by atoms with Crippen molar-refractivity contribution in [3.8, 4) is 18.1 Å². The summed E-state index contributed by atoms with van der Waals surface area (Å²) in [5.74, 6) is 3.25. The third kappa shape index (κ3) is 2.85. The van der Waals surface area contributed by atoms with Gasteiger partial charge in [0.2, 0.25) is 0 Å². The van der Waals surface area contributed by atoms with Gasteiger partial charge in [-0.2, -0.15) is 0 Å². The van der Waals surface area contributed by atoms with Crippen molar-refractivity contribution in [2.75, 3.05) is 7.11 Å². The third-order valence-electron chi connectivity index (χ3n) is 2.21. The summed E-state index contributed by atoms with van der Waals surface area (Å²) in [6.45, 7) is 1.54. The Morgan fingerprint density at radius 2 is 2.20 bits per heavy atom. The van der Waals surface area contributed by atoms with Crippen LogP contribution in [0.4, 0.5) is 0 Å². The van der Waals surface area contributed by atoms with Crippen molar-refractivity contribution in [2.24, 2.45) is 0 Å². The maximum absolute atomic E-state index is 11.0. The van der Waals surface area contributed by atoms with Gasteiger partial charge in [-0.25, -0.2) is 0 Å². The Bertz CT molecular complexity index is 388. The van der Waals surface area contributed by atoms with Gasteiger partial charge in [0, 0.05) is 12.0 Å². The van der Waals surface area contributed by atoms with E-state index >= 15 is 0 Å². The number of hydrogen-bond acceptors (Lipinski definition) is 2. The highest BCUT2D eigenvalue weighted by atomic mass is 16.5. The number of rotatable bonds is 4. The summed E-state index contributed by atoms with van der Waals surface area (Å²) in [6.07, 6.45) is 5.78. The molecule has 1 aromatic rings. The average molecular weight is 202 g/mol. The fourth-order valence-corrected chi connectivity index (χ4v) is 1.50. The standard InChI is InChI=1S/C13H14O2/c1-4-11(9-10(2)14)12-7-5-6-8-13(12)15-3/h1,5-8,11H,9H2,2-3H3. The first kappa shape index (κ1) is 11.3. The lowest BCUT2D eigenvalue weighted by Gasteiger charge is -2.13. The van der Waals surface area contributed by atoms with Crippen molar-refractivity contribution in [3.63, 3.8) is 0 Å². The molecule has 1 atom stereocenters. The van der Waals surface area contributed by atoms with Crippen molar-refractivity contribution in [3.05, 3.63) is 29.8 Å². The van der Waals surface area contributed by atoms with Gasteiger partial charge in [-0.1, -0.05) is 24.1 Å². The molecule has 0 saturated heterocycles. The molecule has 1 rings (SSSR count). The van der Waals surface area contributed by atoms with Crippen LogP contribution in [0.3, 0.4) is 0 Å². The Morgan fingerprint density at radius 1 is 1.53 bits per heavy atom. The molecule has 0 N–H and O–H groups in total. The van der Waals surface area contributed by atoms with Crippen LogP contribution in [0.15, 0.2) is 24.3 Å². The normalized spacial score (nSPS) is 11.5. The maximum atomic E-state index is 11.0. The molecule has 1 aromatic carbocycles. The molecular weight excluding hydrogens is 188 g/mol. The minimum absolute atomic E-state index is 0.0869. The molecule has 0 bridgehead atoms. The molecule has 0 fully saturated rings. The Hall–Kier alpha value is -1.75. The number of ether oxygens (including phenoxy) is 1. The Balaban J connectivity index is 3.02. The van der Waals surface area contributed by atoms with Gasteiger partial charge in [-0.3, -0.25) is 4.79 Å². The lowest BCUT2D eigenvalue weighted by Crippen LogP contribution is -2.03. The monoisotopic (exact) mass is 202 g/mol. The molecule has 0 spiro atoms. The first-order chi connectivity index (χ1) is 7.19. The number of para-hydroxylation sites is 1. The molecule has 15 heavy (non-hydrogen) atoms. The third-order valence-corrected chi connectivity index (χ3v) is 2.21. The van der Waals surface area contributed by atoms with E-state index in [1.807, 2.05) is 24.3 Å². The predicted molar refractivity (Wildman–Crippen MR) is 59.9 cm³/mol. The van der Waals surface area contributed by atoms with Gasteiger partial charge in [0.1, 0.15) is 11.5 Å². The molecule has 0 aliphatic heterocycles. The van der Waals surface area contributed by atoms with Crippen molar-refractivity contribution < 1.29 is 9.53 Å². The zero-order chi connectivity index (χ0) is 11.3. The number of benzene rings is 1. The Morgan fingerprint density at radius 3 is 2.73 bits per heavy atom. The summed E-state index contributed by atoms with van der Waals surface area (Å²) in [4.78, 5) is 11.0. The van der Waals surface area contributed by atoms with Gasteiger partial charge in [-0.05, 0) is 13.0 Å². The SMILES string of the molecule is C#CC(CC(C)=O)c1ccccc1OC. The second kappa shape index (κ2) is 5.21. The van der Waals surface area contributed by atoms with E-state index in [-0.39, 0.29) is 11.7 Å². The molecular formula is C13H14O2. The minimum Gasteiger partial charge on any atom is -0.496 e. The van der Waals surface area contributed by atoms with Gasteiger partial charge in [0.25, 0.3) is 0 Å². The van der Waals surface area contributed by atoms with Gasteiger partial charge in [-0.15, -0.1) is 6.42 Å². The van der Waals surface area contributed by atoms with Gasteiger partial charge >= 0.3 is 0 Å². The summed E-state index contributed by atoms with van der Waals surface area (Å²) in [5.41, 5.74) is 0.901. The fraction of sp³-hybridized carbons (Fsp3) is 0.308. The van der Waals surface area contributed by atoms with Crippen molar-refractivity contribution in [2.45, 2.75) is 19.3 Å². The van der Waals surface area contributed by atoms with E-state index in [0.717, 1.165) is 11.3 Å². The van der Waals surface area contributed by atoms with E-state index in [1.54, 1.807) is 14.0 Å². The zero-order valence-electron chi connectivity index (χ0n) is 8.99. The van der Waals surface area contributed by atoms with E-state index in [2.05, 4.69) is 5.92 Å². The molecule has 2 nitrogen and oxygen atoms in total. The van der Waals surface area contributed by atoms with Crippen LogP contribution in [0.25, 0.3) is 0 Å². The van der Waals surface area contributed by atoms with Crippen LogP contribution >= 0.6 is 0 Å². The van der Waals surface area contributed by atoms with Gasteiger partial charge < -0.3 is 4.74 Å². The number of carbonyl (C=O) groups is 1. The van der Waals surface area contributed by atoms with Crippen molar-refractivity contribution in [1.29, 1.82) is 0 Å². The predicted octanol–water partition coefficient (Wildman–Crippen LogP) is 2.39. The molecule has 0 amide bonds. The summed E-state index contributed by atoms with van der Waals surface area (Å²) >= 11 is 0. The van der Waals surface area contributed by atoms with Crippen molar-refractivity contribution >= 4 is 5.78 Å². The highest BCUT2D eigenvalue weighted by Gasteiger charge is 2.14. The van der Waals surface area contributed by atoms with Gasteiger partial charge in [0.15, 0.2) is 0 Å².